The van der Waals surface area contributed by atoms with Crippen molar-refractivity contribution in [1.29, 1.82) is 5.26 Å². The van der Waals surface area contributed by atoms with Crippen LogP contribution in [0.2, 0.25) is 0 Å². The summed E-state index contributed by atoms with van der Waals surface area (Å²) in [6.45, 7) is 10.2. The standard InChI is InChI=1S/C13H17NO3.C2H6/c1-3-4-12(16-9-14)7-11(2)5-6-13-8-15-10-17-13;1-2/h5-6,8,12H,2-4,7,10H2,1H3;1-2H3/b6-5-;. The molecule has 0 spiro atoms. The van der Waals surface area contributed by atoms with Crippen LogP contribution in [0.1, 0.15) is 40.0 Å². The van der Waals surface area contributed by atoms with Crippen LogP contribution in [0.4, 0.5) is 0 Å². The number of nitriles is 1. The van der Waals surface area contributed by atoms with Gasteiger partial charge in [-0.1, -0.05) is 45.4 Å². The first-order chi connectivity index (χ1) is 9.26. The van der Waals surface area contributed by atoms with Crippen LogP contribution in [-0.4, -0.2) is 12.9 Å². The third-order valence-electron chi connectivity index (χ3n) is 2.30. The van der Waals surface area contributed by atoms with Gasteiger partial charge in [-0.15, -0.1) is 0 Å². The Kier molecular flexibility index (Phi) is 10.1. The van der Waals surface area contributed by atoms with Gasteiger partial charge in [-0.2, -0.15) is 5.26 Å². The first kappa shape index (κ1) is 17.1. The van der Waals surface area contributed by atoms with Crippen molar-refractivity contribution in [1.82, 2.24) is 0 Å². The molecule has 0 amide bonds. The van der Waals surface area contributed by atoms with Crippen LogP contribution in [0.25, 0.3) is 0 Å². The molecule has 0 fully saturated rings. The minimum absolute atomic E-state index is 0.0862. The van der Waals surface area contributed by atoms with Crippen molar-refractivity contribution in [3.63, 3.8) is 0 Å². The fourth-order valence-electron chi connectivity index (χ4n) is 1.50. The summed E-state index contributed by atoms with van der Waals surface area (Å²) in [5.41, 5.74) is 0.898. The largest absolute Gasteiger partial charge is 0.461 e. The van der Waals surface area contributed by atoms with E-state index in [1.54, 1.807) is 18.6 Å². The molecule has 0 aromatic heterocycles. The van der Waals surface area contributed by atoms with Gasteiger partial charge in [-0.05, 0) is 12.5 Å². The van der Waals surface area contributed by atoms with Gasteiger partial charge in [0.15, 0.2) is 5.76 Å². The Hall–Kier alpha value is -1.89. The molecule has 0 N–H and O–H groups in total. The van der Waals surface area contributed by atoms with Crippen molar-refractivity contribution in [2.45, 2.75) is 46.1 Å². The zero-order valence-corrected chi connectivity index (χ0v) is 12.0. The molecule has 1 unspecified atom stereocenters. The highest BCUT2D eigenvalue weighted by atomic mass is 16.7. The fraction of sp³-hybridized carbons (Fsp3) is 0.533. The summed E-state index contributed by atoms with van der Waals surface area (Å²) in [5.74, 6) is 0.680. The molecule has 106 valence electrons. The molecular weight excluding hydrogens is 242 g/mol. The van der Waals surface area contributed by atoms with Crippen LogP contribution < -0.4 is 0 Å². The third-order valence-corrected chi connectivity index (χ3v) is 2.30. The predicted molar refractivity (Wildman–Crippen MR) is 74.8 cm³/mol. The molecule has 4 heteroatoms. The van der Waals surface area contributed by atoms with E-state index in [1.165, 1.54) is 0 Å². The van der Waals surface area contributed by atoms with E-state index in [9.17, 15) is 0 Å². The van der Waals surface area contributed by atoms with Crippen LogP contribution in [0.3, 0.4) is 0 Å². The Morgan fingerprint density at radius 2 is 2.37 bits per heavy atom. The van der Waals surface area contributed by atoms with Gasteiger partial charge >= 0.3 is 0 Å². The van der Waals surface area contributed by atoms with Crippen molar-refractivity contribution >= 4 is 0 Å². The van der Waals surface area contributed by atoms with Crippen molar-refractivity contribution < 1.29 is 14.2 Å². The van der Waals surface area contributed by atoms with Gasteiger partial charge in [0.25, 0.3) is 6.26 Å². The molecule has 0 bridgehead atoms. The maximum absolute atomic E-state index is 8.51. The smallest absolute Gasteiger partial charge is 0.286 e. The van der Waals surface area contributed by atoms with Crippen LogP contribution in [0, 0.1) is 11.5 Å². The van der Waals surface area contributed by atoms with Gasteiger partial charge in [0.05, 0.1) is 0 Å². The van der Waals surface area contributed by atoms with Gasteiger partial charge < -0.3 is 14.2 Å². The van der Waals surface area contributed by atoms with E-state index in [2.05, 4.69) is 13.5 Å². The van der Waals surface area contributed by atoms with Gasteiger partial charge in [0.2, 0.25) is 6.79 Å². The lowest BCUT2D eigenvalue weighted by Crippen LogP contribution is -2.09. The summed E-state index contributed by atoms with van der Waals surface area (Å²) in [5, 5.41) is 8.51. The maximum atomic E-state index is 8.51. The summed E-state index contributed by atoms with van der Waals surface area (Å²) in [6.07, 6.45) is 9.32. The number of hydrogen-bond donors (Lipinski definition) is 0. The molecule has 0 saturated carbocycles. The van der Waals surface area contributed by atoms with Crippen molar-refractivity contribution in [3.05, 3.63) is 36.3 Å². The molecule has 0 saturated heterocycles. The fourth-order valence-corrected chi connectivity index (χ4v) is 1.50. The Morgan fingerprint density at radius 1 is 1.63 bits per heavy atom. The number of allylic oxidation sites excluding steroid dienone is 2. The lowest BCUT2D eigenvalue weighted by Gasteiger charge is -2.12. The molecule has 0 aliphatic carbocycles. The van der Waals surface area contributed by atoms with E-state index in [0.717, 1.165) is 18.4 Å². The summed E-state index contributed by atoms with van der Waals surface area (Å²) in [4.78, 5) is 0. The van der Waals surface area contributed by atoms with E-state index in [1.807, 2.05) is 19.9 Å². The lowest BCUT2D eigenvalue weighted by atomic mass is 10.1. The van der Waals surface area contributed by atoms with Crippen LogP contribution in [0.15, 0.2) is 36.3 Å². The Labute approximate surface area is 116 Å². The second kappa shape index (κ2) is 11.2. The molecule has 1 rings (SSSR count). The summed E-state index contributed by atoms with van der Waals surface area (Å²) in [6, 6.07) is 0. The van der Waals surface area contributed by atoms with Gasteiger partial charge in [0, 0.05) is 6.42 Å². The average molecular weight is 265 g/mol. The summed E-state index contributed by atoms with van der Waals surface area (Å²) in [7, 11) is 0. The number of ether oxygens (including phenoxy) is 3. The molecule has 1 atom stereocenters. The normalized spacial score (nSPS) is 14.3. The van der Waals surface area contributed by atoms with Crippen molar-refractivity contribution in [2.75, 3.05) is 6.79 Å². The summed E-state index contributed by atoms with van der Waals surface area (Å²) >= 11 is 0. The molecule has 1 aliphatic heterocycles. The molecule has 1 aliphatic rings. The van der Waals surface area contributed by atoms with E-state index in [4.69, 9.17) is 19.5 Å². The van der Waals surface area contributed by atoms with Gasteiger partial charge in [0.1, 0.15) is 12.4 Å². The highest BCUT2D eigenvalue weighted by Crippen LogP contribution is 2.15. The second-order valence-corrected chi connectivity index (χ2v) is 3.76. The molecule has 0 aromatic carbocycles. The SMILES string of the molecule is C=C(/C=C\C1=COCO1)CC(CCC)OC#N.CC. The van der Waals surface area contributed by atoms with Crippen LogP contribution in [-0.2, 0) is 14.2 Å². The zero-order valence-electron chi connectivity index (χ0n) is 12.0. The van der Waals surface area contributed by atoms with E-state index in [-0.39, 0.29) is 12.9 Å². The highest BCUT2D eigenvalue weighted by Gasteiger charge is 2.09. The highest BCUT2D eigenvalue weighted by molar-refractivity contribution is 5.23. The zero-order chi connectivity index (χ0) is 14.5. The second-order valence-electron chi connectivity index (χ2n) is 3.76. The number of rotatable bonds is 7. The molecule has 1 heterocycles. The van der Waals surface area contributed by atoms with Crippen molar-refractivity contribution in [2.24, 2.45) is 0 Å². The molecule has 0 aromatic rings. The summed E-state index contributed by atoms with van der Waals surface area (Å²) < 4.78 is 15.0. The van der Waals surface area contributed by atoms with E-state index in [0.29, 0.717) is 12.2 Å². The Bertz CT molecular complexity index is 353. The first-order valence-electron chi connectivity index (χ1n) is 6.61. The van der Waals surface area contributed by atoms with E-state index < -0.39 is 0 Å². The monoisotopic (exact) mass is 265 g/mol. The minimum atomic E-state index is -0.0862. The Balaban J connectivity index is 0.00000154. The Morgan fingerprint density at radius 3 is 2.89 bits per heavy atom. The lowest BCUT2D eigenvalue weighted by molar-refractivity contribution is 0.0844. The molecular formula is C15H23NO3. The maximum Gasteiger partial charge on any atom is 0.286 e. The van der Waals surface area contributed by atoms with Gasteiger partial charge in [-0.3, -0.25) is 0 Å². The molecule has 4 nitrogen and oxygen atoms in total. The van der Waals surface area contributed by atoms with Crippen molar-refractivity contribution in [3.8, 4) is 6.26 Å². The topological polar surface area (TPSA) is 51.5 Å². The molecule has 19 heavy (non-hydrogen) atoms. The van der Waals surface area contributed by atoms with E-state index >= 15 is 0 Å². The first-order valence-corrected chi connectivity index (χ1v) is 6.61. The average Bonchev–Trinajstić information content (AvgIpc) is 2.92. The number of hydrogen-bond acceptors (Lipinski definition) is 4. The van der Waals surface area contributed by atoms with Crippen LogP contribution in [0.5, 0.6) is 0 Å². The molecule has 0 radical (unpaired) electrons. The van der Waals surface area contributed by atoms with Crippen LogP contribution >= 0.6 is 0 Å². The quantitative estimate of drug-likeness (QED) is 0.515. The minimum Gasteiger partial charge on any atom is -0.461 e. The predicted octanol–water partition coefficient (Wildman–Crippen LogP) is 4.03. The number of nitrogens with zero attached hydrogens (tertiary/aromatic N) is 1. The third kappa shape index (κ3) is 7.93. The van der Waals surface area contributed by atoms with Gasteiger partial charge in [-0.25, -0.2) is 0 Å².